The monoisotopic (exact) mass is 219 g/mol. The molecule has 0 heterocycles. The van der Waals surface area contributed by atoms with Crippen LogP contribution >= 0.6 is 0 Å². The van der Waals surface area contributed by atoms with E-state index in [9.17, 15) is 5.11 Å². The van der Waals surface area contributed by atoms with Crippen molar-refractivity contribution in [3.8, 4) is 0 Å². The topological polar surface area (TPSA) is 46.2 Å². The fraction of sp³-hybridized carbons (Fsp3) is 0.571. The van der Waals surface area contributed by atoms with E-state index in [1.807, 2.05) is 6.92 Å². The Labute approximate surface area is 97.5 Å². The third-order valence-corrected chi connectivity index (χ3v) is 3.89. The van der Waals surface area contributed by atoms with Crippen molar-refractivity contribution < 1.29 is 5.11 Å². The normalized spacial score (nSPS) is 27.5. The number of hydrogen-bond acceptors (Lipinski definition) is 2. The summed E-state index contributed by atoms with van der Waals surface area (Å²) in [7, 11) is 0. The van der Waals surface area contributed by atoms with E-state index in [-0.39, 0.29) is 6.10 Å². The average molecular weight is 219 g/mol. The maximum atomic E-state index is 9.52. The second kappa shape index (κ2) is 4.56. The van der Waals surface area contributed by atoms with Crippen molar-refractivity contribution >= 4 is 0 Å². The van der Waals surface area contributed by atoms with Crippen molar-refractivity contribution in [1.29, 1.82) is 0 Å². The Kier molecular flexibility index (Phi) is 3.31. The number of hydrogen-bond donors (Lipinski definition) is 2. The van der Waals surface area contributed by atoms with Gasteiger partial charge in [0.15, 0.2) is 0 Å². The summed E-state index contributed by atoms with van der Waals surface area (Å²) in [6.45, 7) is 4.76. The van der Waals surface area contributed by atoms with Crippen molar-refractivity contribution in [3.05, 3.63) is 35.4 Å². The molecule has 4 unspecified atom stereocenters. The summed E-state index contributed by atoms with van der Waals surface area (Å²) in [6.07, 6.45) is 1.01. The second-order valence-electron chi connectivity index (χ2n) is 5.04. The fourth-order valence-electron chi connectivity index (χ4n) is 2.57. The zero-order chi connectivity index (χ0) is 11.7. The molecule has 3 N–H and O–H groups in total. The molecule has 2 nitrogen and oxygen atoms in total. The number of benzene rings is 1. The van der Waals surface area contributed by atoms with E-state index in [0.29, 0.717) is 24.3 Å². The van der Waals surface area contributed by atoms with Gasteiger partial charge in [0, 0.05) is 6.54 Å². The van der Waals surface area contributed by atoms with Gasteiger partial charge in [0.25, 0.3) is 0 Å². The van der Waals surface area contributed by atoms with Crippen LogP contribution < -0.4 is 5.73 Å². The first kappa shape index (κ1) is 11.6. The predicted molar refractivity (Wildman–Crippen MR) is 66.0 cm³/mol. The van der Waals surface area contributed by atoms with Gasteiger partial charge in [0.1, 0.15) is 0 Å². The molecule has 4 atom stereocenters. The summed E-state index contributed by atoms with van der Waals surface area (Å²) in [6, 6.07) is 8.55. The molecule has 0 radical (unpaired) electrons. The highest BCUT2D eigenvalue weighted by molar-refractivity contribution is 5.26. The highest BCUT2D eigenvalue weighted by Crippen LogP contribution is 2.50. The smallest absolute Gasteiger partial charge is 0.0543 e. The van der Waals surface area contributed by atoms with Gasteiger partial charge >= 0.3 is 0 Å². The van der Waals surface area contributed by atoms with Crippen LogP contribution in [0.2, 0.25) is 0 Å². The SMILES string of the molecule is CC(O)C1CC1C(C)c1ccc(CN)cc1. The average Bonchev–Trinajstić information content (AvgIpc) is 3.08. The first-order valence-corrected chi connectivity index (χ1v) is 6.10. The molecule has 2 heteroatoms. The molecule has 0 spiro atoms. The first-order chi connectivity index (χ1) is 7.63. The minimum atomic E-state index is -0.157. The third kappa shape index (κ3) is 2.28. The van der Waals surface area contributed by atoms with Gasteiger partial charge in [-0.25, -0.2) is 0 Å². The molecule has 1 aliphatic carbocycles. The molecule has 16 heavy (non-hydrogen) atoms. The highest BCUT2D eigenvalue weighted by Gasteiger charge is 2.44. The Morgan fingerprint density at radius 2 is 1.88 bits per heavy atom. The zero-order valence-electron chi connectivity index (χ0n) is 10.1. The lowest BCUT2D eigenvalue weighted by molar-refractivity contribution is 0.162. The van der Waals surface area contributed by atoms with E-state index >= 15 is 0 Å². The number of nitrogens with two attached hydrogens (primary N) is 1. The largest absolute Gasteiger partial charge is 0.393 e. The van der Waals surface area contributed by atoms with Crippen LogP contribution in [0.25, 0.3) is 0 Å². The molecule has 0 aromatic heterocycles. The molecule has 1 saturated carbocycles. The molecule has 1 aliphatic rings. The molecule has 2 rings (SSSR count). The Morgan fingerprint density at radius 1 is 1.25 bits per heavy atom. The number of rotatable bonds is 4. The van der Waals surface area contributed by atoms with Gasteiger partial charge in [-0.15, -0.1) is 0 Å². The Morgan fingerprint density at radius 3 is 2.31 bits per heavy atom. The van der Waals surface area contributed by atoms with Crippen LogP contribution in [-0.2, 0) is 6.54 Å². The summed E-state index contributed by atoms with van der Waals surface area (Å²) in [5.41, 5.74) is 8.12. The summed E-state index contributed by atoms with van der Waals surface area (Å²) in [5.74, 6) is 1.71. The number of aliphatic hydroxyl groups is 1. The Hall–Kier alpha value is -0.860. The second-order valence-corrected chi connectivity index (χ2v) is 5.04. The fourth-order valence-corrected chi connectivity index (χ4v) is 2.57. The third-order valence-electron chi connectivity index (χ3n) is 3.89. The van der Waals surface area contributed by atoms with Crippen molar-refractivity contribution in [3.63, 3.8) is 0 Å². The lowest BCUT2D eigenvalue weighted by Gasteiger charge is -2.13. The molecule has 1 aromatic rings. The van der Waals surface area contributed by atoms with Crippen LogP contribution in [0.3, 0.4) is 0 Å². The van der Waals surface area contributed by atoms with E-state index in [1.165, 1.54) is 11.1 Å². The molecule has 1 fully saturated rings. The zero-order valence-corrected chi connectivity index (χ0v) is 10.1. The van der Waals surface area contributed by atoms with Gasteiger partial charge in [-0.1, -0.05) is 31.2 Å². The van der Waals surface area contributed by atoms with E-state index in [0.717, 1.165) is 6.42 Å². The summed E-state index contributed by atoms with van der Waals surface area (Å²) < 4.78 is 0. The molecule has 1 aromatic carbocycles. The lowest BCUT2D eigenvalue weighted by Crippen LogP contribution is -2.07. The van der Waals surface area contributed by atoms with Crippen molar-refractivity contribution in [2.24, 2.45) is 17.6 Å². The molecular weight excluding hydrogens is 198 g/mol. The van der Waals surface area contributed by atoms with Gasteiger partial charge in [0.05, 0.1) is 6.10 Å². The van der Waals surface area contributed by atoms with Crippen molar-refractivity contribution in [1.82, 2.24) is 0 Å². The van der Waals surface area contributed by atoms with Crippen LogP contribution in [0, 0.1) is 11.8 Å². The van der Waals surface area contributed by atoms with Gasteiger partial charge in [-0.05, 0) is 42.2 Å². The van der Waals surface area contributed by atoms with E-state index in [4.69, 9.17) is 5.73 Å². The summed E-state index contributed by atoms with van der Waals surface area (Å²) in [4.78, 5) is 0. The molecule has 0 bridgehead atoms. The van der Waals surface area contributed by atoms with Gasteiger partial charge in [-0.3, -0.25) is 0 Å². The van der Waals surface area contributed by atoms with Gasteiger partial charge < -0.3 is 10.8 Å². The number of aliphatic hydroxyl groups excluding tert-OH is 1. The van der Waals surface area contributed by atoms with Crippen LogP contribution in [0.1, 0.15) is 37.3 Å². The Balaban J connectivity index is 2.02. The van der Waals surface area contributed by atoms with Crippen LogP contribution in [0.5, 0.6) is 0 Å². The summed E-state index contributed by atoms with van der Waals surface area (Å²) >= 11 is 0. The molecule has 88 valence electrons. The Bertz CT molecular complexity index is 344. The van der Waals surface area contributed by atoms with E-state index < -0.39 is 0 Å². The first-order valence-electron chi connectivity index (χ1n) is 6.10. The van der Waals surface area contributed by atoms with Gasteiger partial charge in [0.2, 0.25) is 0 Å². The standard InChI is InChI=1S/C14H21NO/c1-9(13-7-14(13)10(2)16)12-5-3-11(8-15)4-6-12/h3-6,9-10,13-14,16H,7-8,15H2,1-2H3. The highest BCUT2D eigenvalue weighted by atomic mass is 16.3. The minimum Gasteiger partial charge on any atom is -0.393 e. The van der Waals surface area contributed by atoms with Crippen LogP contribution in [-0.4, -0.2) is 11.2 Å². The maximum Gasteiger partial charge on any atom is 0.0543 e. The molecular formula is C14H21NO. The predicted octanol–water partition coefficient (Wildman–Crippen LogP) is 2.27. The minimum absolute atomic E-state index is 0.157. The summed E-state index contributed by atoms with van der Waals surface area (Å²) in [5, 5.41) is 9.52. The van der Waals surface area contributed by atoms with Crippen molar-refractivity contribution in [2.45, 2.75) is 38.8 Å². The van der Waals surface area contributed by atoms with E-state index in [1.54, 1.807) is 0 Å². The molecule has 0 saturated heterocycles. The van der Waals surface area contributed by atoms with Gasteiger partial charge in [-0.2, -0.15) is 0 Å². The maximum absolute atomic E-state index is 9.52. The van der Waals surface area contributed by atoms with Crippen LogP contribution in [0.4, 0.5) is 0 Å². The molecule has 0 aliphatic heterocycles. The van der Waals surface area contributed by atoms with E-state index in [2.05, 4.69) is 31.2 Å². The van der Waals surface area contributed by atoms with Crippen LogP contribution in [0.15, 0.2) is 24.3 Å². The lowest BCUT2D eigenvalue weighted by atomic mass is 9.93. The van der Waals surface area contributed by atoms with Crippen molar-refractivity contribution in [2.75, 3.05) is 0 Å². The molecule has 0 amide bonds. The quantitative estimate of drug-likeness (QED) is 0.816.